The maximum Gasteiger partial charge on any atom is 0.278 e. The van der Waals surface area contributed by atoms with Gasteiger partial charge in [0.15, 0.2) is 0 Å². The van der Waals surface area contributed by atoms with Crippen LogP contribution in [0.5, 0.6) is 5.75 Å². The van der Waals surface area contributed by atoms with Crippen LogP contribution in [0, 0.1) is 5.92 Å². The van der Waals surface area contributed by atoms with Crippen LogP contribution in [0.25, 0.3) is 5.57 Å². The Balaban J connectivity index is 1.91. The van der Waals surface area contributed by atoms with Gasteiger partial charge in [-0.2, -0.15) is 0 Å². The van der Waals surface area contributed by atoms with Crippen molar-refractivity contribution in [3.05, 3.63) is 59.8 Å². The van der Waals surface area contributed by atoms with Crippen LogP contribution in [0.4, 0.5) is 11.4 Å². The van der Waals surface area contributed by atoms with Crippen molar-refractivity contribution < 1.29 is 19.1 Å². The first-order valence-electron chi connectivity index (χ1n) is 10.8. The Hall–Kier alpha value is -3.61. The summed E-state index contributed by atoms with van der Waals surface area (Å²) in [4.78, 5) is 38.7. The normalized spacial score (nSPS) is 13.7. The maximum atomic E-state index is 13.1. The second-order valence-electron chi connectivity index (χ2n) is 8.12. The minimum Gasteiger partial charge on any atom is -0.493 e. The average molecular weight is 436 g/mol. The van der Waals surface area contributed by atoms with E-state index < -0.39 is 0 Å². The van der Waals surface area contributed by atoms with Crippen LogP contribution in [0.2, 0.25) is 0 Å². The predicted octanol–water partition coefficient (Wildman–Crippen LogP) is 4.28. The minimum absolute atomic E-state index is 0.164. The molecule has 0 saturated heterocycles. The van der Waals surface area contributed by atoms with Crippen LogP contribution in [0.1, 0.15) is 39.7 Å². The minimum atomic E-state index is -0.349. The van der Waals surface area contributed by atoms with Gasteiger partial charge in [-0.3, -0.25) is 19.3 Å². The van der Waals surface area contributed by atoms with Crippen molar-refractivity contribution in [2.45, 2.75) is 34.1 Å². The summed E-state index contributed by atoms with van der Waals surface area (Å²) in [5.41, 5.74) is 2.52. The van der Waals surface area contributed by atoms with Crippen molar-refractivity contribution in [1.29, 1.82) is 0 Å². The number of carbonyl (C=O) groups excluding carboxylic acids is 3. The standard InChI is InChI=1S/C25H29N3O4/c1-5-14-28-24(30)22(18-6-12-21(13-7-18)32-15-16(2)3)23(25(28)31)27-20-10-8-19(9-11-20)26-17(4)29/h6-13,16,27H,5,14-15H2,1-4H3,(H,26,29). The molecule has 168 valence electrons. The molecule has 2 aromatic carbocycles. The number of ether oxygens (including phenoxy) is 1. The fourth-order valence-corrected chi connectivity index (χ4v) is 3.35. The molecule has 2 aromatic rings. The van der Waals surface area contributed by atoms with Gasteiger partial charge >= 0.3 is 0 Å². The molecular formula is C25H29N3O4. The van der Waals surface area contributed by atoms with Crippen LogP contribution < -0.4 is 15.4 Å². The van der Waals surface area contributed by atoms with E-state index in [4.69, 9.17) is 4.74 Å². The average Bonchev–Trinajstić information content (AvgIpc) is 2.98. The molecule has 0 saturated carbocycles. The quantitative estimate of drug-likeness (QED) is 0.574. The number of imide groups is 1. The lowest BCUT2D eigenvalue weighted by atomic mass is 10.0. The molecule has 1 aliphatic heterocycles. The Morgan fingerprint density at radius 2 is 1.59 bits per heavy atom. The lowest BCUT2D eigenvalue weighted by Crippen LogP contribution is -2.33. The van der Waals surface area contributed by atoms with Gasteiger partial charge in [0.25, 0.3) is 11.8 Å². The van der Waals surface area contributed by atoms with Crippen LogP contribution >= 0.6 is 0 Å². The zero-order valence-corrected chi connectivity index (χ0v) is 18.9. The Kier molecular flexibility index (Phi) is 7.30. The van der Waals surface area contributed by atoms with Crippen molar-refractivity contribution in [1.82, 2.24) is 4.90 Å². The summed E-state index contributed by atoms with van der Waals surface area (Å²) in [7, 11) is 0. The molecule has 2 N–H and O–H groups in total. The Morgan fingerprint density at radius 3 is 2.16 bits per heavy atom. The molecule has 1 heterocycles. The number of carbonyl (C=O) groups is 3. The number of hydrogen-bond acceptors (Lipinski definition) is 5. The lowest BCUT2D eigenvalue weighted by Gasteiger charge is -2.14. The lowest BCUT2D eigenvalue weighted by molar-refractivity contribution is -0.136. The SMILES string of the molecule is CCCN1C(=O)C(Nc2ccc(NC(C)=O)cc2)=C(c2ccc(OCC(C)C)cc2)C1=O. The first-order chi connectivity index (χ1) is 15.3. The fraction of sp³-hybridized carbons (Fsp3) is 0.320. The number of rotatable bonds is 9. The van der Waals surface area contributed by atoms with Crippen LogP contribution in [-0.4, -0.2) is 35.8 Å². The van der Waals surface area contributed by atoms with E-state index in [9.17, 15) is 14.4 Å². The van der Waals surface area contributed by atoms with E-state index in [-0.39, 0.29) is 23.4 Å². The van der Waals surface area contributed by atoms with Crippen LogP contribution in [0.15, 0.2) is 54.2 Å². The summed E-state index contributed by atoms with van der Waals surface area (Å²) in [6, 6.07) is 14.2. The van der Waals surface area contributed by atoms with Gasteiger partial charge in [-0.15, -0.1) is 0 Å². The smallest absolute Gasteiger partial charge is 0.278 e. The molecular weight excluding hydrogens is 406 g/mol. The fourth-order valence-electron chi connectivity index (χ4n) is 3.35. The number of nitrogens with one attached hydrogen (secondary N) is 2. The van der Waals surface area contributed by atoms with E-state index in [0.717, 1.165) is 0 Å². The van der Waals surface area contributed by atoms with Gasteiger partial charge in [0.2, 0.25) is 5.91 Å². The molecule has 0 aliphatic carbocycles. The Labute approximate surface area is 188 Å². The molecule has 1 aliphatic rings. The van der Waals surface area contributed by atoms with E-state index in [2.05, 4.69) is 24.5 Å². The Bertz CT molecular complexity index is 1020. The molecule has 7 nitrogen and oxygen atoms in total. The molecule has 7 heteroatoms. The second-order valence-corrected chi connectivity index (χ2v) is 8.12. The zero-order valence-electron chi connectivity index (χ0n) is 18.9. The summed E-state index contributed by atoms with van der Waals surface area (Å²) in [5.74, 6) is 0.293. The molecule has 3 amide bonds. The predicted molar refractivity (Wildman–Crippen MR) is 125 cm³/mol. The number of nitrogens with zero attached hydrogens (tertiary/aromatic N) is 1. The molecule has 0 bridgehead atoms. The highest BCUT2D eigenvalue weighted by atomic mass is 16.5. The van der Waals surface area contributed by atoms with E-state index >= 15 is 0 Å². The first kappa shape index (κ1) is 23.1. The molecule has 0 fully saturated rings. The number of benzene rings is 2. The van der Waals surface area contributed by atoms with Gasteiger partial charge in [0.05, 0.1) is 12.2 Å². The van der Waals surface area contributed by atoms with Crippen LogP contribution in [0.3, 0.4) is 0 Å². The third-order valence-corrected chi connectivity index (χ3v) is 4.82. The van der Waals surface area contributed by atoms with E-state index in [0.29, 0.717) is 53.8 Å². The number of anilines is 2. The summed E-state index contributed by atoms with van der Waals surface area (Å²) < 4.78 is 5.73. The monoisotopic (exact) mass is 435 g/mol. The van der Waals surface area contributed by atoms with E-state index in [1.165, 1.54) is 11.8 Å². The van der Waals surface area contributed by atoms with Gasteiger partial charge in [-0.25, -0.2) is 0 Å². The van der Waals surface area contributed by atoms with Gasteiger partial charge in [0.1, 0.15) is 11.4 Å². The van der Waals surface area contributed by atoms with Crippen molar-refractivity contribution in [3.63, 3.8) is 0 Å². The van der Waals surface area contributed by atoms with Gasteiger partial charge in [-0.05, 0) is 54.3 Å². The molecule has 0 spiro atoms. The van der Waals surface area contributed by atoms with Crippen molar-refractivity contribution >= 4 is 34.7 Å². The molecule has 0 radical (unpaired) electrons. The number of hydrogen-bond donors (Lipinski definition) is 2. The van der Waals surface area contributed by atoms with Crippen LogP contribution in [-0.2, 0) is 14.4 Å². The van der Waals surface area contributed by atoms with E-state index in [1.807, 2.05) is 19.1 Å². The van der Waals surface area contributed by atoms with Gasteiger partial charge in [-0.1, -0.05) is 32.9 Å². The maximum absolute atomic E-state index is 13.1. The van der Waals surface area contributed by atoms with E-state index in [1.54, 1.807) is 36.4 Å². The highest BCUT2D eigenvalue weighted by Gasteiger charge is 2.38. The molecule has 32 heavy (non-hydrogen) atoms. The van der Waals surface area contributed by atoms with Gasteiger partial charge in [0, 0.05) is 24.8 Å². The van der Waals surface area contributed by atoms with Crippen molar-refractivity contribution in [3.8, 4) is 5.75 Å². The molecule has 3 rings (SSSR count). The van der Waals surface area contributed by atoms with Crippen molar-refractivity contribution in [2.75, 3.05) is 23.8 Å². The second kappa shape index (κ2) is 10.1. The Morgan fingerprint density at radius 1 is 0.969 bits per heavy atom. The third-order valence-electron chi connectivity index (χ3n) is 4.82. The highest BCUT2D eigenvalue weighted by molar-refractivity contribution is 6.36. The third kappa shape index (κ3) is 5.35. The largest absolute Gasteiger partial charge is 0.493 e. The van der Waals surface area contributed by atoms with Gasteiger partial charge < -0.3 is 15.4 Å². The first-order valence-corrected chi connectivity index (χ1v) is 10.8. The summed E-state index contributed by atoms with van der Waals surface area (Å²) in [6.07, 6.45) is 0.672. The molecule has 0 atom stereocenters. The molecule has 0 aromatic heterocycles. The van der Waals surface area contributed by atoms with Crippen molar-refractivity contribution in [2.24, 2.45) is 5.92 Å². The summed E-state index contributed by atoms with van der Waals surface area (Å²) >= 11 is 0. The molecule has 0 unspecified atom stereocenters. The summed E-state index contributed by atoms with van der Waals surface area (Å²) in [5, 5.41) is 5.82. The zero-order chi connectivity index (χ0) is 23.3. The number of amides is 3. The summed E-state index contributed by atoms with van der Waals surface area (Å²) in [6.45, 7) is 8.46. The highest BCUT2D eigenvalue weighted by Crippen LogP contribution is 2.31. The topological polar surface area (TPSA) is 87.7 Å².